The van der Waals surface area contributed by atoms with Crippen LogP contribution in [0.4, 0.5) is 0 Å². The van der Waals surface area contributed by atoms with Gasteiger partial charge in [-0.25, -0.2) is 0 Å². The van der Waals surface area contributed by atoms with E-state index in [1.54, 1.807) is 0 Å². The average molecular weight is 268 g/mol. The van der Waals surface area contributed by atoms with Gasteiger partial charge in [-0.05, 0) is 23.1 Å². The van der Waals surface area contributed by atoms with Crippen LogP contribution in [-0.4, -0.2) is 11.0 Å². The second kappa shape index (κ2) is 6.48. The predicted molar refractivity (Wildman–Crippen MR) is 83.5 cm³/mol. The van der Waals surface area contributed by atoms with Gasteiger partial charge in [0.1, 0.15) is 0 Å². The first-order valence-electron chi connectivity index (χ1n) is 6.65. The summed E-state index contributed by atoms with van der Waals surface area (Å²) in [6, 6.07) is 18.3. The standard InChI is InChI=1S/C17H20N2O/c18-17(19,20)12-11-16-8-4-7-15(13-16)10-9-14-5-2-1-3-6-14/h1-10,13,20H,11-12,18-19H2. The summed E-state index contributed by atoms with van der Waals surface area (Å²) in [5, 5.41) is 9.34. The molecule has 0 saturated heterocycles. The summed E-state index contributed by atoms with van der Waals surface area (Å²) in [6.07, 6.45) is 5.12. The highest BCUT2D eigenvalue weighted by atomic mass is 16.3. The van der Waals surface area contributed by atoms with Crippen LogP contribution in [0.15, 0.2) is 54.6 Å². The smallest absolute Gasteiger partial charge is 0.167 e. The van der Waals surface area contributed by atoms with E-state index >= 15 is 0 Å². The van der Waals surface area contributed by atoms with Crippen molar-refractivity contribution >= 4 is 12.2 Å². The molecule has 0 bridgehead atoms. The van der Waals surface area contributed by atoms with Crippen molar-refractivity contribution in [3.05, 3.63) is 71.3 Å². The summed E-state index contributed by atoms with van der Waals surface area (Å²) in [5.41, 5.74) is 14.1. The molecule has 0 spiro atoms. The number of rotatable bonds is 5. The minimum absolute atomic E-state index is 0.332. The van der Waals surface area contributed by atoms with Crippen LogP contribution in [0.3, 0.4) is 0 Å². The summed E-state index contributed by atoms with van der Waals surface area (Å²) in [4.78, 5) is 0. The van der Waals surface area contributed by atoms with Crippen LogP contribution < -0.4 is 11.5 Å². The van der Waals surface area contributed by atoms with E-state index in [9.17, 15) is 5.11 Å². The number of nitrogens with two attached hydrogens (primary N) is 2. The van der Waals surface area contributed by atoms with Crippen molar-refractivity contribution < 1.29 is 5.11 Å². The molecule has 2 aromatic carbocycles. The Morgan fingerprint density at radius 2 is 1.55 bits per heavy atom. The Morgan fingerprint density at radius 3 is 2.25 bits per heavy atom. The monoisotopic (exact) mass is 268 g/mol. The molecular weight excluding hydrogens is 248 g/mol. The van der Waals surface area contributed by atoms with E-state index in [2.05, 4.69) is 30.4 Å². The van der Waals surface area contributed by atoms with E-state index in [1.807, 2.05) is 36.4 Å². The lowest BCUT2D eigenvalue weighted by atomic mass is 10.0. The molecule has 0 saturated carbocycles. The third-order valence-corrected chi connectivity index (χ3v) is 3.03. The molecular formula is C17H20N2O. The molecule has 20 heavy (non-hydrogen) atoms. The SMILES string of the molecule is NC(N)(O)CCc1cccc(C=Cc2ccccc2)c1. The van der Waals surface area contributed by atoms with Crippen molar-refractivity contribution in [1.29, 1.82) is 0 Å². The number of aryl methyl sites for hydroxylation is 1. The molecule has 2 aromatic rings. The molecule has 3 heteroatoms. The minimum atomic E-state index is -1.60. The van der Waals surface area contributed by atoms with Gasteiger partial charge in [0.15, 0.2) is 5.85 Å². The molecule has 0 atom stereocenters. The van der Waals surface area contributed by atoms with E-state index in [0.29, 0.717) is 12.8 Å². The Labute approximate surface area is 119 Å². The Bertz CT molecular complexity index is 571. The molecule has 3 nitrogen and oxygen atoms in total. The summed E-state index contributed by atoms with van der Waals surface area (Å²) in [7, 11) is 0. The maximum atomic E-state index is 9.34. The zero-order chi connectivity index (χ0) is 14.4. The molecule has 0 heterocycles. The number of benzene rings is 2. The fourth-order valence-electron chi connectivity index (χ4n) is 1.95. The third-order valence-electron chi connectivity index (χ3n) is 3.03. The molecule has 0 unspecified atom stereocenters. The van der Waals surface area contributed by atoms with E-state index in [1.165, 1.54) is 0 Å². The van der Waals surface area contributed by atoms with Crippen LogP contribution >= 0.6 is 0 Å². The number of hydrogen-bond acceptors (Lipinski definition) is 3. The van der Waals surface area contributed by atoms with Gasteiger partial charge in [-0.15, -0.1) is 0 Å². The highest BCUT2D eigenvalue weighted by Crippen LogP contribution is 2.12. The summed E-state index contributed by atoms with van der Waals surface area (Å²) >= 11 is 0. The Morgan fingerprint density at radius 1 is 0.900 bits per heavy atom. The summed E-state index contributed by atoms with van der Waals surface area (Å²) in [6.45, 7) is 0. The molecule has 0 aliphatic rings. The normalized spacial score (nSPS) is 11.9. The Balaban J connectivity index is 2.04. The lowest BCUT2D eigenvalue weighted by Crippen LogP contribution is -2.49. The van der Waals surface area contributed by atoms with Gasteiger partial charge in [0, 0.05) is 6.42 Å². The molecule has 0 aliphatic heterocycles. The quantitative estimate of drug-likeness (QED) is 0.576. The first-order valence-corrected chi connectivity index (χ1v) is 6.65. The van der Waals surface area contributed by atoms with Crippen molar-refractivity contribution in [1.82, 2.24) is 0 Å². The molecule has 0 amide bonds. The highest BCUT2D eigenvalue weighted by Gasteiger charge is 2.12. The van der Waals surface area contributed by atoms with Crippen LogP contribution in [0.2, 0.25) is 0 Å². The fourth-order valence-corrected chi connectivity index (χ4v) is 1.95. The van der Waals surface area contributed by atoms with Gasteiger partial charge >= 0.3 is 0 Å². The maximum Gasteiger partial charge on any atom is 0.167 e. The Hall–Kier alpha value is -1.94. The van der Waals surface area contributed by atoms with Gasteiger partial charge in [-0.2, -0.15) is 0 Å². The van der Waals surface area contributed by atoms with E-state index in [0.717, 1.165) is 16.7 Å². The molecule has 0 aliphatic carbocycles. The van der Waals surface area contributed by atoms with E-state index in [-0.39, 0.29) is 0 Å². The van der Waals surface area contributed by atoms with Crippen LogP contribution in [-0.2, 0) is 6.42 Å². The van der Waals surface area contributed by atoms with Gasteiger partial charge in [-0.1, -0.05) is 66.7 Å². The second-order valence-electron chi connectivity index (χ2n) is 4.98. The second-order valence-corrected chi connectivity index (χ2v) is 4.98. The topological polar surface area (TPSA) is 72.3 Å². The maximum absolute atomic E-state index is 9.34. The highest BCUT2D eigenvalue weighted by molar-refractivity contribution is 5.69. The van der Waals surface area contributed by atoms with Crippen LogP contribution in [0.1, 0.15) is 23.1 Å². The molecule has 104 valence electrons. The lowest BCUT2D eigenvalue weighted by molar-refractivity contribution is 0.0452. The van der Waals surface area contributed by atoms with E-state index < -0.39 is 5.85 Å². The summed E-state index contributed by atoms with van der Waals surface area (Å²) < 4.78 is 0. The van der Waals surface area contributed by atoms with Gasteiger partial charge in [-0.3, -0.25) is 11.5 Å². The number of hydrogen-bond donors (Lipinski definition) is 3. The number of aliphatic hydroxyl groups is 1. The van der Waals surface area contributed by atoms with Crippen molar-refractivity contribution in [2.75, 3.05) is 0 Å². The minimum Gasteiger partial charge on any atom is -0.363 e. The van der Waals surface area contributed by atoms with Crippen LogP contribution in [0, 0.1) is 0 Å². The average Bonchev–Trinajstić information content (AvgIpc) is 2.44. The Kier molecular flexibility index (Phi) is 4.69. The van der Waals surface area contributed by atoms with Crippen LogP contribution in [0.25, 0.3) is 12.2 Å². The van der Waals surface area contributed by atoms with Gasteiger partial charge in [0.2, 0.25) is 0 Å². The molecule has 0 fully saturated rings. The first-order chi connectivity index (χ1) is 9.53. The van der Waals surface area contributed by atoms with Crippen LogP contribution in [0.5, 0.6) is 0 Å². The van der Waals surface area contributed by atoms with Crippen molar-refractivity contribution in [3.8, 4) is 0 Å². The molecule has 0 aromatic heterocycles. The predicted octanol–water partition coefficient (Wildman–Crippen LogP) is 2.35. The zero-order valence-corrected chi connectivity index (χ0v) is 11.4. The third kappa shape index (κ3) is 4.97. The van der Waals surface area contributed by atoms with Gasteiger partial charge < -0.3 is 5.11 Å². The molecule has 0 radical (unpaired) electrons. The van der Waals surface area contributed by atoms with Crippen molar-refractivity contribution in [2.24, 2.45) is 11.5 Å². The molecule has 5 N–H and O–H groups in total. The van der Waals surface area contributed by atoms with Crippen molar-refractivity contribution in [3.63, 3.8) is 0 Å². The largest absolute Gasteiger partial charge is 0.363 e. The van der Waals surface area contributed by atoms with Gasteiger partial charge in [0.05, 0.1) is 0 Å². The summed E-state index contributed by atoms with van der Waals surface area (Å²) in [5.74, 6) is -1.60. The van der Waals surface area contributed by atoms with Gasteiger partial charge in [0.25, 0.3) is 0 Å². The fraction of sp³-hybridized carbons (Fsp3) is 0.176. The zero-order valence-electron chi connectivity index (χ0n) is 11.4. The first kappa shape index (κ1) is 14.5. The molecule has 2 rings (SSSR count). The van der Waals surface area contributed by atoms with E-state index in [4.69, 9.17) is 11.5 Å². The lowest BCUT2D eigenvalue weighted by Gasteiger charge is -2.16. The van der Waals surface area contributed by atoms with Crippen molar-refractivity contribution in [2.45, 2.75) is 18.7 Å².